The zero-order chi connectivity index (χ0) is 24.1. The Morgan fingerprint density at radius 3 is 2.14 bits per heavy atom. The lowest BCUT2D eigenvalue weighted by Crippen LogP contribution is -2.52. The van der Waals surface area contributed by atoms with E-state index in [1.165, 1.54) is 11.1 Å². The third-order valence-electron chi connectivity index (χ3n) is 6.92. The number of hydrogen-bond acceptors (Lipinski definition) is 3. The Balaban J connectivity index is 1.70. The van der Waals surface area contributed by atoms with E-state index < -0.39 is 5.60 Å². The van der Waals surface area contributed by atoms with Crippen LogP contribution in [-0.4, -0.2) is 29.8 Å². The number of aliphatic hydroxyl groups is 1. The lowest BCUT2D eigenvalue weighted by atomic mass is 9.75. The fraction of sp³-hybridized carbons (Fsp3) is 0.226. The summed E-state index contributed by atoms with van der Waals surface area (Å²) in [6, 6.07) is 37.3. The Morgan fingerprint density at radius 2 is 1.43 bits per heavy atom. The third-order valence-corrected chi connectivity index (χ3v) is 7.25. The lowest BCUT2D eigenvalue weighted by molar-refractivity contribution is -0.168. The molecule has 3 nitrogen and oxygen atoms in total. The number of ether oxygens (including phenoxy) is 1. The van der Waals surface area contributed by atoms with E-state index in [0.717, 1.165) is 29.8 Å². The molecule has 4 aromatic rings. The Bertz CT molecular complexity index is 1240. The molecule has 0 bridgehead atoms. The average Bonchev–Trinajstić information content (AvgIpc) is 2.90. The first-order valence-corrected chi connectivity index (χ1v) is 12.5. The molecule has 1 aliphatic heterocycles. The summed E-state index contributed by atoms with van der Waals surface area (Å²) < 4.78 is 6.78. The molecule has 0 amide bonds. The van der Waals surface area contributed by atoms with Crippen LogP contribution < -0.4 is 0 Å². The van der Waals surface area contributed by atoms with Crippen LogP contribution in [0.15, 0.2) is 109 Å². The highest BCUT2D eigenvalue weighted by Crippen LogP contribution is 2.50. The summed E-state index contributed by atoms with van der Waals surface area (Å²) in [7, 11) is 0. The maximum atomic E-state index is 10.4. The molecule has 4 heteroatoms. The van der Waals surface area contributed by atoms with Crippen molar-refractivity contribution in [3.8, 4) is 11.1 Å². The minimum atomic E-state index is -0.751. The molecule has 0 saturated carbocycles. The maximum absolute atomic E-state index is 10.4. The minimum Gasteiger partial charge on any atom is -0.396 e. The van der Waals surface area contributed by atoms with Crippen molar-refractivity contribution in [3.63, 3.8) is 0 Å². The summed E-state index contributed by atoms with van der Waals surface area (Å²) in [5.41, 5.74) is 4.73. The van der Waals surface area contributed by atoms with Crippen molar-refractivity contribution in [1.82, 2.24) is 4.90 Å². The lowest BCUT2D eigenvalue weighted by Gasteiger charge is -2.51. The smallest absolute Gasteiger partial charge is 0.116 e. The molecule has 0 radical (unpaired) electrons. The van der Waals surface area contributed by atoms with E-state index >= 15 is 0 Å². The van der Waals surface area contributed by atoms with Gasteiger partial charge in [-0.15, -0.1) is 0 Å². The standard InChI is InChI=1S/C31H30ClNO2/c32-29-18-10-8-16-27(29)26-15-7-9-17-28(26)31(19-21-34)30(25-13-5-2-6-14-25)33(20-22-35-31)23-24-11-3-1-4-12-24/h1-18,30,34H,19-23H2. The second kappa shape index (κ2) is 10.8. The molecule has 1 fully saturated rings. The number of rotatable bonds is 7. The van der Waals surface area contributed by atoms with Gasteiger partial charge in [0, 0.05) is 36.7 Å². The summed E-state index contributed by atoms with van der Waals surface area (Å²) in [5, 5.41) is 11.1. The summed E-state index contributed by atoms with van der Waals surface area (Å²) in [4.78, 5) is 2.49. The highest BCUT2D eigenvalue weighted by molar-refractivity contribution is 6.33. The predicted molar refractivity (Wildman–Crippen MR) is 142 cm³/mol. The molecular weight excluding hydrogens is 454 g/mol. The Labute approximate surface area is 212 Å². The normalized spacial score (nSPS) is 20.6. The van der Waals surface area contributed by atoms with E-state index in [1.807, 2.05) is 36.4 Å². The molecule has 0 aromatic heterocycles. The first-order chi connectivity index (χ1) is 17.2. The summed E-state index contributed by atoms with van der Waals surface area (Å²) in [6.45, 7) is 2.19. The van der Waals surface area contributed by atoms with Crippen molar-refractivity contribution in [2.24, 2.45) is 0 Å². The van der Waals surface area contributed by atoms with Crippen LogP contribution in [0.2, 0.25) is 5.02 Å². The van der Waals surface area contributed by atoms with Gasteiger partial charge >= 0.3 is 0 Å². The van der Waals surface area contributed by atoms with Gasteiger partial charge < -0.3 is 9.84 Å². The molecule has 0 aliphatic carbocycles. The summed E-state index contributed by atoms with van der Waals surface area (Å²) >= 11 is 6.68. The Kier molecular flexibility index (Phi) is 7.31. The Morgan fingerprint density at radius 1 is 0.800 bits per heavy atom. The SMILES string of the molecule is OCCC1(c2ccccc2-c2ccccc2Cl)OCCN(Cc2ccccc2)C1c1ccccc1. The first kappa shape index (κ1) is 23.8. The van der Waals surface area contributed by atoms with E-state index in [4.69, 9.17) is 16.3 Å². The highest BCUT2D eigenvalue weighted by atomic mass is 35.5. The van der Waals surface area contributed by atoms with Crippen LogP contribution in [0.5, 0.6) is 0 Å². The van der Waals surface area contributed by atoms with Crippen molar-refractivity contribution in [2.45, 2.75) is 24.6 Å². The number of halogens is 1. The monoisotopic (exact) mass is 483 g/mol. The van der Waals surface area contributed by atoms with Gasteiger partial charge in [0.1, 0.15) is 5.60 Å². The van der Waals surface area contributed by atoms with Crippen molar-refractivity contribution >= 4 is 11.6 Å². The zero-order valence-corrected chi connectivity index (χ0v) is 20.4. The average molecular weight is 484 g/mol. The molecule has 1 saturated heterocycles. The van der Waals surface area contributed by atoms with Gasteiger partial charge in [-0.25, -0.2) is 0 Å². The maximum Gasteiger partial charge on any atom is 0.116 e. The molecule has 1 heterocycles. The van der Waals surface area contributed by atoms with Gasteiger partial charge in [0.25, 0.3) is 0 Å². The molecule has 1 N–H and O–H groups in total. The molecule has 2 atom stereocenters. The van der Waals surface area contributed by atoms with Crippen LogP contribution in [0.3, 0.4) is 0 Å². The molecular formula is C31H30ClNO2. The number of hydrogen-bond donors (Lipinski definition) is 1. The second-order valence-corrected chi connectivity index (χ2v) is 9.41. The molecule has 4 aromatic carbocycles. The zero-order valence-electron chi connectivity index (χ0n) is 19.7. The van der Waals surface area contributed by atoms with E-state index in [9.17, 15) is 5.11 Å². The summed E-state index contributed by atoms with van der Waals surface area (Å²) in [6.07, 6.45) is 0.472. The number of aliphatic hydroxyl groups excluding tert-OH is 1. The van der Waals surface area contributed by atoms with E-state index in [2.05, 4.69) is 77.7 Å². The van der Waals surface area contributed by atoms with Gasteiger partial charge in [-0.2, -0.15) is 0 Å². The van der Waals surface area contributed by atoms with Crippen LogP contribution in [0.1, 0.15) is 29.2 Å². The Hall–Kier alpha value is -2.95. The largest absolute Gasteiger partial charge is 0.396 e. The molecule has 178 valence electrons. The first-order valence-electron chi connectivity index (χ1n) is 12.1. The molecule has 2 unspecified atom stereocenters. The molecule has 5 rings (SSSR count). The highest BCUT2D eigenvalue weighted by Gasteiger charge is 2.48. The number of benzene rings is 4. The minimum absolute atomic E-state index is 0.0133. The van der Waals surface area contributed by atoms with Gasteiger partial charge in [0.2, 0.25) is 0 Å². The van der Waals surface area contributed by atoms with Crippen molar-refractivity contribution in [1.29, 1.82) is 0 Å². The quantitative estimate of drug-likeness (QED) is 0.311. The molecule has 35 heavy (non-hydrogen) atoms. The van der Waals surface area contributed by atoms with Gasteiger partial charge in [-0.1, -0.05) is 115 Å². The van der Waals surface area contributed by atoms with Crippen LogP contribution >= 0.6 is 11.6 Å². The summed E-state index contributed by atoms with van der Waals surface area (Å²) in [5.74, 6) is 0. The van der Waals surface area contributed by atoms with Crippen LogP contribution in [0.4, 0.5) is 0 Å². The van der Waals surface area contributed by atoms with Gasteiger partial charge in [0.05, 0.1) is 12.6 Å². The number of morpholine rings is 1. The van der Waals surface area contributed by atoms with Crippen molar-refractivity contribution in [3.05, 3.63) is 131 Å². The number of nitrogens with zero attached hydrogens (tertiary/aromatic N) is 1. The van der Waals surface area contributed by atoms with Gasteiger partial charge in [-0.3, -0.25) is 4.90 Å². The predicted octanol–water partition coefficient (Wildman–Crippen LogP) is 6.86. The van der Waals surface area contributed by atoms with E-state index in [0.29, 0.717) is 18.1 Å². The third kappa shape index (κ3) is 4.78. The van der Waals surface area contributed by atoms with Crippen molar-refractivity contribution in [2.75, 3.05) is 19.8 Å². The van der Waals surface area contributed by atoms with E-state index in [1.54, 1.807) is 0 Å². The fourth-order valence-electron chi connectivity index (χ4n) is 5.45. The van der Waals surface area contributed by atoms with Gasteiger partial charge in [0.15, 0.2) is 0 Å². The van der Waals surface area contributed by atoms with Gasteiger partial charge in [-0.05, 0) is 28.3 Å². The topological polar surface area (TPSA) is 32.7 Å². The second-order valence-electron chi connectivity index (χ2n) is 9.01. The van der Waals surface area contributed by atoms with Crippen LogP contribution in [0, 0.1) is 0 Å². The molecule has 0 spiro atoms. The van der Waals surface area contributed by atoms with Crippen LogP contribution in [-0.2, 0) is 16.9 Å². The van der Waals surface area contributed by atoms with Crippen LogP contribution in [0.25, 0.3) is 11.1 Å². The fourth-order valence-corrected chi connectivity index (χ4v) is 5.69. The van der Waals surface area contributed by atoms with E-state index in [-0.39, 0.29) is 12.6 Å². The molecule has 1 aliphatic rings. The van der Waals surface area contributed by atoms with Crippen molar-refractivity contribution < 1.29 is 9.84 Å².